The van der Waals surface area contributed by atoms with Crippen molar-refractivity contribution in [2.24, 2.45) is 0 Å². The number of anilines is 1. The zero-order chi connectivity index (χ0) is 22.0. The number of hydrogen-bond acceptors (Lipinski definition) is 8. The van der Waals surface area contributed by atoms with Crippen LogP contribution >= 0.6 is 11.8 Å². The maximum Gasteiger partial charge on any atom is 0.294 e. The minimum atomic E-state index is -0.547. The molecule has 0 atom stereocenters. The average Bonchev–Trinajstić information content (AvgIpc) is 3.33. The summed E-state index contributed by atoms with van der Waals surface area (Å²) in [6.45, 7) is -0.287. The van der Waals surface area contributed by atoms with E-state index in [1.165, 1.54) is 14.2 Å². The van der Waals surface area contributed by atoms with Crippen molar-refractivity contribution in [2.45, 2.75) is 0 Å². The van der Waals surface area contributed by atoms with Gasteiger partial charge >= 0.3 is 0 Å². The maximum absolute atomic E-state index is 12.7. The SMILES string of the molecule is COc1ccc(/C=C2/SC(=O)N(CC(=O)Nc3ccc4c(c3)OCO4)C2=O)c(OC)c1. The molecule has 10 heteroatoms. The van der Waals surface area contributed by atoms with Gasteiger partial charge in [0.1, 0.15) is 18.0 Å². The summed E-state index contributed by atoms with van der Waals surface area (Å²) in [5.74, 6) is 1.13. The van der Waals surface area contributed by atoms with Crippen molar-refractivity contribution in [1.29, 1.82) is 0 Å². The molecule has 0 spiro atoms. The largest absolute Gasteiger partial charge is 0.497 e. The molecule has 31 heavy (non-hydrogen) atoms. The van der Waals surface area contributed by atoms with Crippen LogP contribution < -0.4 is 24.3 Å². The molecule has 0 unspecified atom stereocenters. The normalized spacial score (nSPS) is 16.1. The van der Waals surface area contributed by atoms with Crippen LogP contribution in [0, 0.1) is 0 Å². The Labute approximate surface area is 181 Å². The minimum absolute atomic E-state index is 0.120. The Hall–Kier alpha value is -3.66. The highest BCUT2D eigenvalue weighted by molar-refractivity contribution is 8.18. The van der Waals surface area contributed by atoms with Crippen molar-refractivity contribution in [2.75, 3.05) is 32.9 Å². The van der Waals surface area contributed by atoms with Gasteiger partial charge in [-0.1, -0.05) is 0 Å². The highest BCUT2D eigenvalue weighted by atomic mass is 32.2. The molecule has 2 aromatic carbocycles. The summed E-state index contributed by atoms with van der Waals surface area (Å²) < 4.78 is 21.0. The van der Waals surface area contributed by atoms with Crippen LogP contribution in [0.25, 0.3) is 6.08 Å². The number of benzene rings is 2. The molecule has 0 aliphatic carbocycles. The van der Waals surface area contributed by atoms with Crippen LogP contribution in [-0.4, -0.2) is 49.5 Å². The van der Waals surface area contributed by atoms with Gasteiger partial charge < -0.3 is 24.3 Å². The van der Waals surface area contributed by atoms with Gasteiger partial charge in [0.25, 0.3) is 11.1 Å². The van der Waals surface area contributed by atoms with Gasteiger partial charge in [0.15, 0.2) is 11.5 Å². The number of nitrogens with one attached hydrogen (secondary N) is 1. The van der Waals surface area contributed by atoms with Crippen LogP contribution in [0.5, 0.6) is 23.0 Å². The summed E-state index contributed by atoms with van der Waals surface area (Å²) >= 11 is 0.766. The third kappa shape index (κ3) is 4.29. The molecule has 0 bridgehead atoms. The number of nitrogens with zero attached hydrogens (tertiary/aromatic N) is 1. The summed E-state index contributed by atoms with van der Waals surface area (Å²) in [7, 11) is 3.03. The molecule has 1 saturated heterocycles. The van der Waals surface area contributed by atoms with E-state index in [0.717, 1.165) is 16.7 Å². The lowest BCUT2D eigenvalue weighted by molar-refractivity contribution is -0.127. The van der Waals surface area contributed by atoms with Gasteiger partial charge in [-0.2, -0.15) is 0 Å². The topological polar surface area (TPSA) is 103 Å². The highest BCUT2D eigenvalue weighted by Crippen LogP contribution is 2.36. The van der Waals surface area contributed by atoms with E-state index in [9.17, 15) is 14.4 Å². The standard InChI is InChI=1S/C21H18N2O7S/c1-27-14-5-3-12(16(9-14)28-2)7-18-20(25)23(21(26)31-18)10-19(24)22-13-4-6-15-17(8-13)30-11-29-15/h3-9H,10-11H2,1-2H3,(H,22,24)/b18-7+. The smallest absolute Gasteiger partial charge is 0.294 e. The van der Waals surface area contributed by atoms with Crippen molar-refractivity contribution < 1.29 is 33.3 Å². The molecule has 0 saturated carbocycles. The Morgan fingerprint density at radius 3 is 2.71 bits per heavy atom. The van der Waals surface area contributed by atoms with Crippen molar-refractivity contribution in [1.82, 2.24) is 4.90 Å². The van der Waals surface area contributed by atoms with E-state index in [1.807, 2.05) is 0 Å². The molecule has 2 aliphatic rings. The Balaban J connectivity index is 1.46. The first-order valence-corrected chi connectivity index (χ1v) is 9.97. The Kier molecular flexibility index (Phi) is 5.72. The molecule has 1 N–H and O–H groups in total. The van der Waals surface area contributed by atoms with Crippen molar-refractivity contribution in [3.05, 3.63) is 46.9 Å². The predicted molar refractivity (Wildman–Crippen MR) is 113 cm³/mol. The molecule has 0 aromatic heterocycles. The van der Waals surface area contributed by atoms with E-state index < -0.39 is 23.6 Å². The number of carbonyl (C=O) groups is 3. The predicted octanol–water partition coefficient (Wildman–Crippen LogP) is 3.11. The molecule has 160 valence electrons. The Morgan fingerprint density at radius 2 is 1.94 bits per heavy atom. The number of thioether (sulfide) groups is 1. The first-order valence-electron chi connectivity index (χ1n) is 9.15. The Morgan fingerprint density at radius 1 is 1.13 bits per heavy atom. The molecule has 2 aliphatic heterocycles. The number of methoxy groups -OCH3 is 2. The van der Waals surface area contributed by atoms with E-state index in [4.69, 9.17) is 18.9 Å². The zero-order valence-corrected chi connectivity index (χ0v) is 17.5. The monoisotopic (exact) mass is 442 g/mol. The summed E-state index contributed by atoms with van der Waals surface area (Å²) in [6.07, 6.45) is 1.55. The number of rotatable bonds is 6. The van der Waals surface area contributed by atoms with Crippen LogP contribution in [0.4, 0.5) is 10.5 Å². The number of amides is 3. The minimum Gasteiger partial charge on any atom is -0.497 e. The first-order chi connectivity index (χ1) is 15.0. The van der Waals surface area contributed by atoms with Crippen LogP contribution in [0.1, 0.15) is 5.56 Å². The number of carbonyl (C=O) groups excluding carboxylic acids is 3. The lowest BCUT2D eigenvalue weighted by Gasteiger charge is -2.12. The van der Waals surface area contributed by atoms with Crippen LogP contribution in [-0.2, 0) is 9.59 Å². The van der Waals surface area contributed by atoms with Crippen LogP contribution in [0.15, 0.2) is 41.3 Å². The molecule has 9 nitrogen and oxygen atoms in total. The van der Waals surface area contributed by atoms with E-state index in [2.05, 4.69) is 5.32 Å². The van der Waals surface area contributed by atoms with Crippen LogP contribution in [0.3, 0.4) is 0 Å². The van der Waals surface area contributed by atoms with Crippen molar-refractivity contribution in [3.63, 3.8) is 0 Å². The maximum atomic E-state index is 12.7. The number of ether oxygens (including phenoxy) is 4. The summed E-state index contributed by atoms with van der Waals surface area (Å²) in [6, 6.07) is 10.0. The highest BCUT2D eigenvalue weighted by Gasteiger charge is 2.36. The molecular weight excluding hydrogens is 424 g/mol. The van der Waals surface area contributed by atoms with Gasteiger partial charge in [-0.05, 0) is 42.1 Å². The van der Waals surface area contributed by atoms with E-state index in [1.54, 1.807) is 42.5 Å². The second kappa shape index (κ2) is 8.60. The second-order valence-corrected chi connectivity index (χ2v) is 7.49. The molecule has 2 aromatic rings. The fraction of sp³-hybridized carbons (Fsp3) is 0.190. The molecule has 3 amide bonds. The molecule has 1 fully saturated rings. The fourth-order valence-electron chi connectivity index (χ4n) is 3.03. The van der Waals surface area contributed by atoms with Crippen molar-refractivity contribution >= 4 is 40.6 Å². The number of imide groups is 1. The van der Waals surface area contributed by atoms with Gasteiger partial charge in [-0.25, -0.2) is 0 Å². The Bertz CT molecular complexity index is 1100. The quantitative estimate of drug-likeness (QED) is 0.681. The average molecular weight is 442 g/mol. The number of fused-ring (bicyclic) bond motifs is 1. The van der Waals surface area contributed by atoms with Gasteiger partial charge in [-0.3, -0.25) is 19.3 Å². The second-order valence-electron chi connectivity index (χ2n) is 6.49. The summed E-state index contributed by atoms with van der Waals surface area (Å²) in [5, 5.41) is 2.13. The molecule has 4 rings (SSSR count). The first kappa shape index (κ1) is 20.6. The van der Waals surface area contributed by atoms with E-state index >= 15 is 0 Å². The fourth-order valence-corrected chi connectivity index (χ4v) is 3.86. The number of hydrogen-bond donors (Lipinski definition) is 1. The summed E-state index contributed by atoms with van der Waals surface area (Å²) in [4.78, 5) is 38.6. The third-order valence-corrected chi connectivity index (χ3v) is 5.47. The van der Waals surface area contributed by atoms with Gasteiger partial charge in [0.2, 0.25) is 12.7 Å². The van der Waals surface area contributed by atoms with Crippen LogP contribution in [0.2, 0.25) is 0 Å². The van der Waals surface area contributed by atoms with E-state index in [0.29, 0.717) is 34.2 Å². The molecular formula is C21H18N2O7S. The third-order valence-electron chi connectivity index (χ3n) is 4.56. The van der Waals surface area contributed by atoms with Gasteiger partial charge in [-0.15, -0.1) is 0 Å². The molecule has 0 radical (unpaired) electrons. The lowest BCUT2D eigenvalue weighted by atomic mass is 10.1. The van der Waals surface area contributed by atoms with E-state index in [-0.39, 0.29) is 11.7 Å². The van der Waals surface area contributed by atoms with Gasteiger partial charge in [0, 0.05) is 23.4 Å². The zero-order valence-electron chi connectivity index (χ0n) is 16.7. The summed E-state index contributed by atoms with van der Waals surface area (Å²) in [5.41, 5.74) is 1.08. The molecule has 2 heterocycles. The van der Waals surface area contributed by atoms with Gasteiger partial charge in [0.05, 0.1) is 19.1 Å². The lowest BCUT2D eigenvalue weighted by Crippen LogP contribution is -2.36. The van der Waals surface area contributed by atoms with Crippen molar-refractivity contribution in [3.8, 4) is 23.0 Å².